The number of hydrogen-bond acceptors (Lipinski definition) is 6. The zero-order chi connectivity index (χ0) is 30.4. The van der Waals surface area contributed by atoms with Crippen LogP contribution in [-0.2, 0) is 29.3 Å². The van der Waals surface area contributed by atoms with Gasteiger partial charge in [0.1, 0.15) is 30.1 Å². The molecule has 8 heteroatoms. The molecule has 7 rings (SSSR count). The van der Waals surface area contributed by atoms with Crippen LogP contribution in [0, 0.1) is 5.92 Å². The molecule has 0 aromatic heterocycles. The van der Waals surface area contributed by atoms with Crippen molar-refractivity contribution >= 4 is 39.5 Å². The largest absolute Gasteiger partial charge is 0.461 e. The number of rotatable bonds is 6. The van der Waals surface area contributed by atoms with Gasteiger partial charge in [0.2, 0.25) is 5.91 Å². The van der Waals surface area contributed by atoms with Crippen molar-refractivity contribution in [1.29, 1.82) is 0 Å². The van der Waals surface area contributed by atoms with Crippen LogP contribution in [0.3, 0.4) is 0 Å². The first-order valence-electron chi connectivity index (χ1n) is 14.5. The van der Waals surface area contributed by atoms with Crippen molar-refractivity contribution in [3.63, 3.8) is 0 Å². The number of cyclic esters (lactones) is 1. The third-order valence-corrected chi connectivity index (χ3v) is 9.48. The van der Waals surface area contributed by atoms with Crippen LogP contribution in [0.1, 0.15) is 40.4 Å². The van der Waals surface area contributed by atoms with Gasteiger partial charge in [0.25, 0.3) is 0 Å². The Morgan fingerprint density at radius 3 is 2.14 bits per heavy atom. The lowest BCUT2D eigenvalue weighted by Crippen LogP contribution is -2.52. The van der Waals surface area contributed by atoms with E-state index in [1.165, 1.54) is 6.08 Å². The minimum atomic E-state index is -1.52. The third-order valence-electron chi connectivity index (χ3n) is 8.98. The molecule has 0 aliphatic carbocycles. The highest BCUT2D eigenvalue weighted by Crippen LogP contribution is 2.65. The summed E-state index contributed by atoms with van der Waals surface area (Å²) in [5.74, 6) is -2.83. The predicted molar refractivity (Wildman–Crippen MR) is 168 cm³/mol. The van der Waals surface area contributed by atoms with E-state index in [0.29, 0.717) is 11.3 Å². The molecule has 3 heterocycles. The van der Waals surface area contributed by atoms with Crippen molar-refractivity contribution in [2.75, 3.05) is 11.9 Å². The molecule has 0 bridgehead atoms. The van der Waals surface area contributed by atoms with Crippen molar-refractivity contribution in [3.8, 4) is 0 Å². The molecule has 6 atom stereocenters. The second kappa shape index (κ2) is 11.2. The number of morpholine rings is 1. The fraction of sp³-hybridized carbons (Fsp3) is 0.194. The van der Waals surface area contributed by atoms with Gasteiger partial charge >= 0.3 is 11.9 Å². The third kappa shape index (κ3) is 4.24. The lowest BCUT2D eigenvalue weighted by molar-refractivity contribution is -0.180. The summed E-state index contributed by atoms with van der Waals surface area (Å²) >= 11 is 3.53. The number of hydrogen-bond donors (Lipinski definition) is 1. The van der Waals surface area contributed by atoms with E-state index in [1.807, 2.05) is 114 Å². The van der Waals surface area contributed by atoms with Crippen molar-refractivity contribution < 1.29 is 23.9 Å². The first kappa shape index (κ1) is 28.3. The number of fused-ring (bicyclic) bond motifs is 3. The molecule has 1 unspecified atom stereocenters. The van der Waals surface area contributed by atoms with Gasteiger partial charge in [-0.1, -0.05) is 126 Å². The Bertz CT molecular complexity index is 1750. The van der Waals surface area contributed by atoms with E-state index < -0.39 is 47.5 Å². The molecular formula is C36H29BrN2O5. The summed E-state index contributed by atoms with van der Waals surface area (Å²) in [6.07, 6.45) is 0.769. The summed E-state index contributed by atoms with van der Waals surface area (Å²) < 4.78 is 12.8. The molecular weight excluding hydrogens is 620 g/mol. The summed E-state index contributed by atoms with van der Waals surface area (Å²) in [4.78, 5) is 45.3. The van der Waals surface area contributed by atoms with Crippen molar-refractivity contribution in [1.82, 2.24) is 4.90 Å². The average molecular weight is 650 g/mol. The first-order valence-corrected chi connectivity index (χ1v) is 15.3. The molecule has 2 saturated heterocycles. The number of halogens is 1. The molecule has 1 N–H and O–H groups in total. The summed E-state index contributed by atoms with van der Waals surface area (Å²) in [5, 5.41) is 3.06. The van der Waals surface area contributed by atoms with Crippen LogP contribution >= 0.6 is 15.9 Å². The van der Waals surface area contributed by atoms with Gasteiger partial charge in [0.05, 0.1) is 12.1 Å². The highest BCUT2D eigenvalue weighted by molar-refractivity contribution is 9.10. The Balaban J connectivity index is 1.55. The van der Waals surface area contributed by atoms with Crippen molar-refractivity contribution in [2.45, 2.75) is 29.6 Å². The molecule has 7 nitrogen and oxygen atoms in total. The van der Waals surface area contributed by atoms with Crippen LogP contribution in [0.2, 0.25) is 0 Å². The number of anilines is 1. The van der Waals surface area contributed by atoms with Gasteiger partial charge in [-0.05, 0) is 34.4 Å². The Morgan fingerprint density at radius 1 is 0.886 bits per heavy atom. The zero-order valence-corrected chi connectivity index (χ0v) is 25.2. The molecule has 2 fully saturated rings. The summed E-state index contributed by atoms with van der Waals surface area (Å²) in [7, 11) is 0. The predicted octanol–water partition coefficient (Wildman–Crippen LogP) is 6.45. The molecule has 220 valence electrons. The number of carbonyl (C=O) groups excluding carboxylic acids is 3. The van der Waals surface area contributed by atoms with Gasteiger partial charge in [-0.3, -0.25) is 19.3 Å². The van der Waals surface area contributed by atoms with Gasteiger partial charge in [-0.2, -0.15) is 0 Å². The van der Waals surface area contributed by atoms with Crippen molar-refractivity contribution in [2.24, 2.45) is 5.92 Å². The Kier molecular flexibility index (Phi) is 7.19. The minimum absolute atomic E-state index is 0.0627. The van der Waals surface area contributed by atoms with E-state index in [-0.39, 0.29) is 12.5 Å². The molecule has 0 saturated carbocycles. The molecule has 3 aliphatic heterocycles. The number of amides is 1. The molecule has 44 heavy (non-hydrogen) atoms. The van der Waals surface area contributed by atoms with E-state index >= 15 is 0 Å². The standard InChI is InChI=1S/C36H29BrN2O5/c1-2-20-43-33(40)28-30-34(41)44-31(23-14-8-4-9-15-23)29(22-12-6-3-7-13-22)39(30)32(24-16-10-5-11-17-24)36(28)26-19-18-25(37)21-27(26)38-35(36)42/h2-19,21,28-32H,1,20H2,(H,38,42)/t28-,29-,30?,31+,32+,36-/m1/s1. The van der Waals surface area contributed by atoms with E-state index in [1.54, 1.807) is 0 Å². The highest BCUT2D eigenvalue weighted by Gasteiger charge is 2.74. The van der Waals surface area contributed by atoms with Crippen LogP contribution in [0.5, 0.6) is 0 Å². The van der Waals surface area contributed by atoms with Gasteiger partial charge in [0.15, 0.2) is 0 Å². The van der Waals surface area contributed by atoms with Crippen LogP contribution in [-0.4, -0.2) is 35.4 Å². The first-order chi connectivity index (χ1) is 21.5. The number of carbonyl (C=O) groups is 3. The number of esters is 2. The zero-order valence-electron chi connectivity index (χ0n) is 23.6. The number of nitrogens with one attached hydrogen (secondary N) is 1. The quantitative estimate of drug-likeness (QED) is 0.191. The molecule has 1 spiro atoms. The van der Waals surface area contributed by atoms with Gasteiger partial charge in [-0.15, -0.1) is 0 Å². The monoisotopic (exact) mass is 648 g/mol. The smallest absolute Gasteiger partial charge is 0.325 e. The summed E-state index contributed by atoms with van der Waals surface area (Å²) in [6.45, 7) is 3.64. The molecule has 4 aromatic rings. The van der Waals surface area contributed by atoms with Crippen LogP contribution < -0.4 is 5.32 Å². The second-order valence-corrected chi connectivity index (χ2v) is 12.2. The Hall–Kier alpha value is -4.53. The van der Waals surface area contributed by atoms with Crippen LogP contribution in [0.15, 0.2) is 126 Å². The number of benzene rings is 4. The van der Waals surface area contributed by atoms with E-state index in [0.717, 1.165) is 21.2 Å². The van der Waals surface area contributed by atoms with E-state index in [9.17, 15) is 14.4 Å². The maximum atomic E-state index is 14.7. The lowest BCUT2D eigenvalue weighted by Gasteiger charge is -2.46. The SMILES string of the molecule is C=CCOC(=O)[C@H]1C2C(=O)O[C@@H](c3ccccc3)[C@@H](c3ccccc3)N2[C@@H](c2ccccc2)[C@]12C(=O)Nc1cc(Br)ccc12. The fourth-order valence-electron chi connectivity index (χ4n) is 7.41. The van der Waals surface area contributed by atoms with E-state index in [2.05, 4.69) is 27.8 Å². The molecule has 4 aromatic carbocycles. The molecule has 0 radical (unpaired) electrons. The van der Waals surface area contributed by atoms with Gasteiger partial charge in [0, 0.05) is 10.2 Å². The normalized spacial score (nSPS) is 27.2. The maximum absolute atomic E-state index is 14.7. The fourth-order valence-corrected chi connectivity index (χ4v) is 7.77. The van der Waals surface area contributed by atoms with E-state index in [4.69, 9.17) is 9.47 Å². The summed E-state index contributed by atoms with van der Waals surface area (Å²) in [5.41, 5.74) is 2.19. The Morgan fingerprint density at radius 2 is 1.50 bits per heavy atom. The molecule has 1 amide bonds. The Labute approximate surface area is 263 Å². The average Bonchev–Trinajstić information content (AvgIpc) is 3.52. The van der Waals surface area contributed by atoms with Crippen LogP contribution in [0.4, 0.5) is 5.69 Å². The van der Waals surface area contributed by atoms with Crippen molar-refractivity contribution in [3.05, 3.63) is 149 Å². The number of ether oxygens (including phenoxy) is 2. The lowest BCUT2D eigenvalue weighted by atomic mass is 9.65. The molecule has 3 aliphatic rings. The van der Waals surface area contributed by atoms with Crippen LogP contribution in [0.25, 0.3) is 0 Å². The maximum Gasteiger partial charge on any atom is 0.325 e. The highest BCUT2D eigenvalue weighted by atomic mass is 79.9. The van der Waals surface area contributed by atoms with Gasteiger partial charge in [-0.25, -0.2) is 0 Å². The van der Waals surface area contributed by atoms with Gasteiger partial charge < -0.3 is 14.8 Å². The topological polar surface area (TPSA) is 84.9 Å². The number of nitrogens with zero attached hydrogens (tertiary/aromatic N) is 1. The second-order valence-electron chi connectivity index (χ2n) is 11.2. The minimum Gasteiger partial charge on any atom is -0.461 e. The summed E-state index contributed by atoms with van der Waals surface area (Å²) in [6, 6.07) is 32.2.